The zero-order valence-corrected chi connectivity index (χ0v) is 4.58. The number of hydrogen-bond donors (Lipinski definition) is 3. The zero-order chi connectivity index (χ0) is 6.57. The Morgan fingerprint density at radius 1 is 1.50 bits per heavy atom. The third-order valence-corrected chi connectivity index (χ3v) is 0.519. The van der Waals surface area contributed by atoms with Crippen molar-refractivity contribution >= 4 is 11.5 Å². The summed E-state index contributed by atoms with van der Waals surface area (Å²) in [6.07, 6.45) is 0. The zero-order valence-electron chi connectivity index (χ0n) is 4.58. The van der Waals surface area contributed by atoms with Gasteiger partial charge >= 0.3 is 0 Å². The minimum absolute atomic E-state index is 0.118. The average molecular weight is 109 g/mol. The number of amidine groups is 1. The van der Waals surface area contributed by atoms with Crippen LogP contribution in [0.2, 0.25) is 0 Å². The van der Waals surface area contributed by atoms with Crippen molar-refractivity contribution in [3.05, 3.63) is 0 Å². The summed E-state index contributed by atoms with van der Waals surface area (Å²) in [4.78, 5) is 0. The topological polar surface area (TPSA) is 73.7 Å². The third-order valence-electron chi connectivity index (χ3n) is 0.519. The lowest BCUT2D eigenvalue weighted by molar-refractivity contribution is 1.45. The highest BCUT2D eigenvalue weighted by Crippen LogP contribution is 1.64. The van der Waals surface area contributed by atoms with Crippen molar-refractivity contribution in [2.45, 2.75) is 6.92 Å². The predicted molar refractivity (Wildman–Crippen MR) is 33.1 cm³/mol. The molecule has 0 unspecified atom stereocenters. The van der Waals surface area contributed by atoms with Crippen LogP contribution >= 0.6 is 0 Å². The predicted octanol–water partition coefficient (Wildman–Crippen LogP) is -0.0346. The molecule has 0 fully saturated rings. The van der Waals surface area contributed by atoms with Crippen molar-refractivity contribution in [3.8, 4) is 11.8 Å². The maximum Gasteiger partial charge on any atom is 0.149 e. The van der Waals surface area contributed by atoms with Crippen molar-refractivity contribution in [2.24, 2.45) is 5.73 Å². The van der Waals surface area contributed by atoms with Gasteiger partial charge in [-0.25, -0.2) is 0 Å². The van der Waals surface area contributed by atoms with E-state index in [0.717, 1.165) is 0 Å². The van der Waals surface area contributed by atoms with Gasteiger partial charge in [-0.05, 0) is 12.8 Å². The molecule has 0 aliphatic heterocycles. The van der Waals surface area contributed by atoms with Gasteiger partial charge in [-0.1, -0.05) is 5.92 Å². The van der Waals surface area contributed by atoms with Crippen LogP contribution in [0, 0.1) is 22.7 Å². The molecule has 0 spiro atoms. The van der Waals surface area contributed by atoms with Crippen LogP contribution in [0.15, 0.2) is 0 Å². The van der Waals surface area contributed by atoms with Crippen molar-refractivity contribution < 1.29 is 0 Å². The summed E-state index contributed by atoms with van der Waals surface area (Å²) in [6.45, 7) is 1.59. The van der Waals surface area contributed by atoms with Crippen molar-refractivity contribution in [2.75, 3.05) is 0 Å². The molecule has 0 bridgehead atoms. The molecule has 3 nitrogen and oxygen atoms in total. The second kappa shape index (κ2) is 2.80. The first-order valence-electron chi connectivity index (χ1n) is 2.04. The molecule has 0 saturated heterocycles. The van der Waals surface area contributed by atoms with Gasteiger partial charge in [0, 0.05) is 0 Å². The van der Waals surface area contributed by atoms with E-state index < -0.39 is 0 Å². The Labute approximate surface area is 47.9 Å². The smallest absolute Gasteiger partial charge is 0.149 e. The Balaban J connectivity index is 3.99. The normalized spacial score (nSPS) is 6.62. The van der Waals surface area contributed by atoms with Crippen LogP contribution in [0.25, 0.3) is 0 Å². The average Bonchev–Trinajstić information content (AvgIpc) is 1.67. The first-order valence-corrected chi connectivity index (χ1v) is 2.04. The van der Waals surface area contributed by atoms with E-state index >= 15 is 0 Å². The van der Waals surface area contributed by atoms with E-state index in [1.54, 1.807) is 6.92 Å². The molecule has 0 atom stereocenters. The fraction of sp³-hybridized carbons (Fsp3) is 0.200. The van der Waals surface area contributed by atoms with Gasteiger partial charge in [0.25, 0.3) is 0 Å². The molecule has 0 heterocycles. The van der Waals surface area contributed by atoms with E-state index in [0.29, 0.717) is 0 Å². The van der Waals surface area contributed by atoms with E-state index in [9.17, 15) is 0 Å². The number of rotatable bonds is 1. The summed E-state index contributed by atoms with van der Waals surface area (Å²) < 4.78 is 0. The van der Waals surface area contributed by atoms with Crippen LogP contribution in [0.3, 0.4) is 0 Å². The maximum absolute atomic E-state index is 6.82. The van der Waals surface area contributed by atoms with Crippen molar-refractivity contribution in [3.63, 3.8) is 0 Å². The monoisotopic (exact) mass is 109 g/mol. The molecule has 8 heavy (non-hydrogen) atoms. The van der Waals surface area contributed by atoms with Gasteiger partial charge < -0.3 is 5.73 Å². The lowest BCUT2D eigenvalue weighted by atomic mass is 10.3. The molecule has 0 aliphatic rings. The van der Waals surface area contributed by atoms with E-state index in [4.69, 9.17) is 16.6 Å². The summed E-state index contributed by atoms with van der Waals surface area (Å²) in [7, 11) is 0. The van der Waals surface area contributed by atoms with Gasteiger partial charge in [0.05, 0.1) is 0 Å². The van der Waals surface area contributed by atoms with E-state index in [1.807, 2.05) is 0 Å². The molecule has 0 aromatic rings. The largest absolute Gasteiger partial charge is 0.382 e. The van der Waals surface area contributed by atoms with E-state index in [1.165, 1.54) is 0 Å². The summed E-state index contributed by atoms with van der Waals surface area (Å²) in [6, 6.07) is 0. The summed E-state index contributed by atoms with van der Waals surface area (Å²) in [5, 5.41) is 13.5. The van der Waals surface area contributed by atoms with Crippen LogP contribution in [-0.2, 0) is 0 Å². The van der Waals surface area contributed by atoms with Gasteiger partial charge in [0.15, 0.2) is 0 Å². The molecule has 4 N–H and O–H groups in total. The number of nitrogens with two attached hydrogens (primary N) is 1. The van der Waals surface area contributed by atoms with Crippen molar-refractivity contribution in [1.82, 2.24) is 0 Å². The quantitative estimate of drug-likeness (QED) is 0.247. The van der Waals surface area contributed by atoms with Crippen LogP contribution < -0.4 is 5.73 Å². The highest BCUT2D eigenvalue weighted by atomic mass is 14.7. The minimum atomic E-state index is -0.278. The Bertz CT molecular complexity index is 170. The van der Waals surface area contributed by atoms with Crippen LogP contribution in [0.1, 0.15) is 6.92 Å². The lowest BCUT2D eigenvalue weighted by Crippen LogP contribution is -2.19. The van der Waals surface area contributed by atoms with Crippen molar-refractivity contribution in [1.29, 1.82) is 10.8 Å². The molecular formula is C5H7N3. The fourth-order valence-electron chi connectivity index (χ4n) is 0.192. The van der Waals surface area contributed by atoms with Gasteiger partial charge in [0.1, 0.15) is 11.5 Å². The first-order chi connectivity index (χ1) is 3.68. The highest BCUT2D eigenvalue weighted by molar-refractivity contribution is 6.45. The molecule has 0 amide bonds. The summed E-state index contributed by atoms with van der Waals surface area (Å²) in [5.74, 6) is 4.50. The second-order valence-electron chi connectivity index (χ2n) is 1.16. The molecule has 3 heteroatoms. The SMILES string of the molecule is CC#CC(=N)C(=N)N. The van der Waals surface area contributed by atoms with Gasteiger partial charge in [-0.2, -0.15) is 0 Å². The summed E-state index contributed by atoms with van der Waals surface area (Å²) >= 11 is 0. The van der Waals surface area contributed by atoms with Crippen LogP contribution in [0.4, 0.5) is 0 Å². The Morgan fingerprint density at radius 2 is 2.00 bits per heavy atom. The standard InChI is InChI=1S/C5H7N3/c1-2-3-4(6)5(7)8/h6H,1H3,(H3,7,8). The highest BCUT2D eigenvalue weighted by Gasteiger charge is 1.90. The van der Waals surface area contributed by atoms with Gasteiger partial charge in [0.2, 0.25) is 0 Å². The second-order valence-corrected chi connectivity index (χ2v) is 1.16. The van der Waals surface area contributed by atoms with Crippen LogP contribution in [0.5, 0.6) is 0 Å². The molecule has 0 aliphatic carbocycles. The minimum Gasteiger partial charge on any atom is -0.382 e. The number of nitrogens with one attached hydrogen (secondary N) is 2. The van der Waals surface area contributed by atoms with E-state index in [-0.39, 0.29) is 11.5 Å². The Hall–Kier alpha value is -1.30. The molecular weight excluding hydrogens is 102 g/mol. The Kier molecular flexibility index (Phi) is 2.35. The van der Waals surface area contributed by atoms with Crippen LogP contribution in [-0.4, -0.2) is 11.5 Å². The molecule has 0 aromatic heterocycles. The summed E-state index contributed by atoms with van der Waals surface area (Å²) in [5.41, 5.74) is 4.76. The molecule has 0 saturated carbocycles. The molecule has 0 rings (SSSR count). The van der Waals surface area contributed by atoms with Gasteiger partial charge in [-0.3, -0.25) is 10.8 Å². The first kappa shape index (κ1) is 6.70. The molecule has 42 valence electrons. The number of hydrogen-bond acceptors (Lipinski definition) is 2. The third kappa shape index (κ3) is 1.98. The van der Waals surface area contributed by atoms with Gasteiger partial charge in [-0.15, -0.1) is 0 Å². The maximum atomic E-state index is 6.82. The Morgan fingerprint density at radius 3 is 2.12 bits per heavy atom. The lowest BCUT2D eigenvalue weighted by Gasteiger charge is -1.84. The fourth-order valence-corrected chi connectivity index (χ4v) is 0.192. The van der Waals surface area contributed by atoms with E-state index in [2.05, 4.69) is 11.8 Å². The molecule has 0 radical (unpaired) electrons. The molecule has 0 aromatic carbocycles.